The molecule has 4 heteroatoms. The van der Waals surface area contributed by atoms with Crippen LogP contribution < -0.4 is 0 Å². The van der Waals surface area contributed by atoms with Crippen molar-refractivity contribution in [1.82, 2.24) is 4.90 Å². The molecule has 0 aliphatic carbocycles. The first kappa shape index (κ1) is 12.0. The van der Waals surface area contributed by atoms with E-state index in [1.165, 1.54) is 5.56 Å². The summed E-state index contributed by atoms with van der Waals surface area (Å²) in [4.78, 5) is 13.9. The molecule has 2 heterocycles. The highest BCUT2D eigenvalue weighted by Gasteiger charge is 2.42. The van der Waals surface area contributed by atoms with Crippen LogP contribution in [-0.2, 0) is 14.9 Å². The Morgan fingerprint density at radius 3 is 2.72 bits per heavy atom. The van der Waals surface area contributed by atoms with Gasteiger partial charge in [0.25, 0.3) is 5.91 Å². The number of nitrogens with zero attached hydrogens (tertiary/aromatic N) is 1. The molecule has 2 atom stereocenters. The van der Waals surface area contributed by atoms with Gasteiger partial charge >= 0.3 is 0 Å². The van der Waals surface area contributed by atoms with Crippen LogP contribution in [0.5, 0.6) is 0 Å². The Balaban J connectivity index is 1.76. The number of hydrogen-bond acceptors (Lipinski definition) is 2. The normalized spacial score (nSPS) is 30.6. The average molecular weight is 266 g/mol. The van der Waals surface area contributed by atoms with E-state index >= 15 is 0 Å². The molecule has 0 saturated carbocycles. The van der Waals surface area contributed by atoms with E-state index in [4.69, 9.17) is 16.3 Å². The van der Waals surface area contributed by atoms with Crippen LogP contribution >= 0.6 is 11.6 Å². The number of likely N-dealkylation sites (tertiary alicyclic amines) is 1. The molecule has 2 saturated heterocycles. The lowest BCUT2D eigenvalue weighted by Gasteiger charge is -2.25. The molecule has 3 nitrogen and oxygen atoms in total. The zero-order valence-corrected chi connectivity index (χ0v) is 11.1. The predicted octanol–water partition coefficient (Wildman–Crippen LogP) is 2.23. The van der Waals surface area contributed by atoms with Crippen LogP contribution in [0.2, 0.25) is 5.02 Å². The van der Waals surface area contributed by atoms with E-state index in [1.807, 2.05) is 17.0 Å². The summed E-state index contributed by atoms with van der Waals surface area (Å²) in [5.74, 6) is 0.146. The number of hydrogen-bond donors (Lipinski definition) is 0. The summed E-state index contributed by atoms with van der Waals surface area (Å²) in [5.41, 5.74) is 1.29. The van der Waals surface area contributed by atoms with Gasteiger partial charge in [-0.15, -0.1) is 0 Å². The summed E-state index contributed by atoms with van der Waals surface area (Å²) in [5, 5.41) is 0.750. The molecule has 0 aromatic heterocycles. The molecule has 2 aliphatic heterocycles. The number of carbonyl (C=O) groups excluding carboxylic acids is 1. The molecule has 1 aromatic rings. The Morgan fingerprint density at radius 1 is 1.44 bits per heavy atom. The minimum Gasteiger partial charge on any atom is -0.363 e. The van der Waals surface area contributed by atoms with Crippen molar-refractivity contribution in [1.29, 1.82) is 0 Å². The smallest absolute Gasteiger partial charge is 0.254 e. The molecule has 1 aromatic carbocycles. The quantitative estimate of drug-likeness (QED) is 0.769. The van der Waals surface area contributed by atoms with E-state index < -0.39 is 0 Å². The first-order chi connectivity index (χ1) is 8.58. The summed E-state index contributed by atoms with van der Waals surface area (Å²) in [6.45, 7) is 4.38. The number of carbonyl (C=O) groups is 1. The maximum atomic E-state index is 12.0. The molecule has 96 valence electrons. The van der Waals surface area contributed by atoms with Gasteiger partial charge in [0.05, 0.1) is 6.61 Å². The summed E-state index contributed by atoms with van der Waals surface area (Å²) in [6, 6.07) is 7.95. The van der Waals surface area contributed by atoms with Crippen molar-refractivity contribution >= 4 is 17.5 Å². The number of benzene rings is 1. The fraction of sp³-hybridized carbons (Fsp3) is 0.500. The number of epoxide rings is 1. The second-order valence-electron chi connectivity index (χ2n) is 5.40. The van der Waals surface area contributed by atoms with Crippen LogP contribution in [0.1, 0.15) is 18.9 Å². The van der Waals surface area contributed by atoms with E-state index in [0.717, 1.165) is 24.5 Å². The monoisotopic (exact) mass is 265 g/mol. The Labute approximate surface area is 112 Å². The topological polar surface area (TPSA) is 32.8 Å². The van der Waals surface area contributed by atoms with Gasteiger partial charge in [0.15, 0.2) is 6.10 Å². The minimum atomic E-state index is -0.169. The maximum Gasteiger partial charge on any atom is 0.254 e. The van der Waals surface area contributed by atoms with Crippen molar-refractivity contribution in [3.8, 4) is 0 Å². The lowest BCUT2D eigenvalue weighted by Crippen LogP contribution is -2.35. The number of halogens is 1. The minimum absolute atomic E-state index is 0.0368. The Morgan fingerprint density at radius 2 is 2.11 bits per heavy atom. The first-order valence-electron chi connectivity index (χ1n) is 6.25. The van der Waals surface area contributed by atoms with E-state index in [0.29, 0.717) is 6.61 Å². The van der Waals surface area contributed by atoms with Crippen LogP contribution in [0.15, 0.2) is 24.3 Å². The third-order valence-corrected chi connectivity index (χ3v) is 4.19. The van der Waals surface area contributed by atoms with Crippen molar-refractivity contribution in [3.05, 3.63) is 34.9 Å². The fourth-order valence-corrected chi connectivity index (χ4v) is 2.76. The van der Waals surface area contributed by atoms with Crippen molar-refractivity contribution < 1.29 is 9.53 Å². The van der Waals surface area contributed by atoms with Crippen molar-refractivity contribution in [2.75, 3.05) is 19.7 Å². The number of ether oxygens (including phenoxy) is 1. The Hall–Kier alpha value is -1.06. The highest BCUT2D eigenvalue weighted by atomic mass is 35.5. The molecule has 2 unspecified atom stereocenters. The van der Waals surface area contributed by atoms with Gasteiger partial charge in [-0.2, -0.15) is 0 Å². The van der Waals surface area contributed by atoms with Crippen LogP contribution in [0, 0.1) is 0 Å². The summed E-state index contributed by atoms with van der Waals surface area (Å²) in [6.07, 6.45) is 0.824. The average Bonchev–Trinajstić information content (AvgIpc) is 3.13. The van der Waals surface area contributed by atoms with Crippen molar-refractivity contribution in [2.24, 2.45) is 0 Å². The second kappa shape index (κ2) is 4.25. The lowest BCUT2D eigenvalue weighted by atomic mass is 9.82. The molecule has 0 spiro atoms. The molecular weight excluding hydrogens is 250 g/mol. The molecule has 0 radical (unpaired) electrons. The van der Waals surface area contributed by atoms with Gasteiger partial charge in [0.2, 0.25) is 0 Å². The molecule has 0 N–H and O–H groups in total. The molecule has 18 heavy (non-hydrogen) atoms. The largest absolute Gasteiger partial charge is 0.363 e. The van der Waals surface area contributed by atoms with Crippen molar-refractivity contribution in [2.45, 2.75) is 24.9 Å². The fourth-order valence-electron chi connectivity index (χ4n) is 2.63. The maximum absolute atomic E-state index is 12.0. The van der Waals surface area contributed by atoms with Gasteiger partial charge in [-0.1, -0.05) is 30.7 Å². The third-order valence-electron chi connectivity index (χ3n) is 3.93. The Bertz CT molecular complexity index is 469. The SMILES string of the molecule is CC1(c2ccc(Cl)cc2)CCN(C(=O)C2CO2)C1. The van der Waals surface area contributed by atoms with E-state index in [-0.39, 0.29) is 17.4 Å². The van der Waals surface area contributed by atoms with Crippen molar-refractivity contribution in [3.63, 3.8) is 0 Å². The summed E-state index contributed by atoms with van der Waals surface area (Å²) >= 11 is 5.91. The van der Waals surface area contributed by atoms with Crippen LogP contribution in [0.4, 0.5) is 0 Å². The summed E-state index contributed by atoms with van der Waals surface area (Å²) in [7, 11) is 0. The molecule has 0 bridgehead atoms. The zero-order chi connectivity index (χ0) is 12.8. The standard InChI is InChI=1S/C14H16ClNO2/c1-14(10-2-4-11(15)5-3-10)6-7-16(9-14)13(17)12-8-18-12/h2-5,12H,6-9H2,1H3. The molecule has 1 amide bonds. The Kier molecular flexibility index (Phi) is 2.83. The van der Waals surface area contributed by atoms with Crippen LogP contribution in [0.25, 0.3) is 0 Å². The highest BCUT2D eigenvalue weighted by Crippen LogP contribution is 2.35. The summed E-state index contributed by atoms with van der Waals surface area (Å²) < 4.78 is 5.06. The first-order valence-corrected chi connectivity index (χ1v) is 6.63. The van der Waals surface area contributed by atoms with E-state index in [9.17, 15) is 4.79 Å². The van der Waals surface area contributed by atoms with E-state index in [1.54, 1.807) is 0 Å². The van der Waals surface area contributed by atoms with Crippen LogP contribution in [0.3, 0.4) is 0 Å². The van der Waals surface area contributed by atoms with Gasteiger partial charge in [-0.05, 0) is 24.1 Å². The van der Waals surface area contributed by atoms with Crippen LogP contribution in [-0.4, -0.2) is 36.6 Å². The number of rotatable bonds is 2. The molecule has 2 aliphatic rings. The predicted molar refractivity (Wildman–Crippen MR) is 69.7 cm³/mol. The van der Waals surface area contributed by atoms with Gasteiger partial charge in [-0.25, -0.2) is 0 Å². The third kappa shape index (κ3) is 2.13. The van der Waals surface area contributed by atoms with Gasteiger partial charge in [0, 0.05) is 23.5 Å². The second-order valence-corrected chi connectivity index (χ2v) is 5.84. The highest BCUT2D eigenvalue weighted by molar-refractivity contribution is 6.30. The van der Waals surface area contributed by atoms with Gasteiger partial charge in [-0.3, -0.25) is 4.79 Å². The van der Waals surface area contributed by atoms with E-state index in [2.05, 4.69) is 19.1 Å². The van der Waals surface area contributed by atoms with Gasteiger partial charge < -0.3 is 9.64 Å². The van der Waals surface area contributed by atoms with Gasteiger partial charge in [0.1, 0.15) is 0 Å². The zero-order valence-electron chi connectivity index (χ0n) is 10.4. The lowest BCUT2D eigenvalue weighted by molar-refractivity contribution is -0.131. The molecule has 2 fully saturated rings. The number of amides is 1. The molecular formula is C14H16ClNO2. The molecule has 3 rings (SSSR count).